The van der Waals surface area contributed by atoms with Crippen molar-refractivity contribution in [2.24, 2.45) is 0 Å². The average molecular weight is 310 g/mol. The maximum absolute atomic E-state index is 12.2. The Morgan fingerprint density at radius 1 is 1.19 bits per heavy atom. The van der Waals surface area contributed by atoms with Gasteiger partial charge >= 0.3 is 0 Å². The van der Waals surface area contributed by atoms with Crippen LogP contribution in [0.2, 0.25) is 0 Å². The lowest BCUT2D eigenvalue weighted by Crippen LogP contribution is -2.37. The van der Waals surface area contributed by atoms with Crippen LogP contribution in [0.1, 0.15) is 30.6 Å². The van der Waals surface area contributed by atoms with Gasteiger partial charge in [0.2, 0.25) is 15.9 Å². The van der Waals surface area contributed by atoms with Crippen LogP contribution in [0.15, 0.2) is 29.2 Å². The van der Waals surface area contributed by atoms with E-state index < -0.39 is 10.0 Å². The van der Waals surface area contributed by atoms with E-state index in [1.54, 1.807) is 4.90 Å². The van der Waals surface area contributed by atoms with Gasteiger partial charge < -0.3 is 4.90 Å². The third-order valence-electron chi connectivity index (χ3n) is 3.53. The lowest BCUT2D eigenvalue weighted by atomic mass is 10.2. The smallest absolute Gasteiger partial charge is 0.240 e. The highest BCUT2D eigenvalue weighted by Gasteiger charge is 2.28. The fraction of sp³-hybridized carbons (Fsp3) is 0.429. The summed E-state index contributed by atoms with van der Waals surface area (Å²) in [5, 5.41) is 0. The molecule has 1 unspecified atom stereocenters. The molecule has 1 aliphatic heterocycles. The zero-order valence-corrected chi connectivity index (χ0v) is 12.8. The van der Waals surface area contributed by atoms with Crippen LogP contribution in [0, 0.1) is 0 Å². The van der Waals surface area contributed by atoms with E-state index in [0.717, 1.165) is 0 Å². The van der Waals surface area contributed by atoms with Gasteiger partial charge in [-0.2, -0.15) is 0 Å². The van der Waals surface area contributed by atoms with E-state index in [4.69, 9.17) is 0 Å². The molecule has 1 amide bonds. The largest absolute Gasteiger partial charge is 0.341 e. The van der Waals surface area contributed by atoms with Crippen LogP contribution >= 0.6 is 0 Å². The molecule has 1 heterocycles. The molecule has 1 N–H and O–H groups in total. The first kappa shape index (κ1) is 15.7. The first-order chi connectivity index (χ1) is 9.79. The van der Waals surface area contributed by atoms with Gasteiger partial charge in [-0.25, -0.2) is 13.1 Å². The van der Waals surface area contributed by atoms with Gasteiger partial charge in [-0.3, -0.25) is 9.59 Å². The van der Waals surface area contributed by atoms with E-state index in [0.29, 0.717) is 25.1 Å². The molecule has 0 spiro atoms. The second-order valence-corrected chi connectivity index (χ2v) is 6.87. The van der Waals surface area contributed by atoms with Crippen LogP contribution < -0.4 is 4.72 Å². The van der Waals surface area contributed by atoms with E-state index in [2.05, 4.69) is 4.72 Å². The van der Waals surface area contributed by atoms with Crippen LogP contribution in [-0.4, -0.2) is 44.1 Å². The third-order valence-corrected chi connectivity index (χ3v) is 5.06. The van der Waals surface area contributed by atoms with Crippen LogP contribution in [-0.2, 0) is 14.8 Å². The van der Waals surface area contributed by atoms with E-state index in [-0.39, 0.29) is 22.6 Å². The van der Waals surface area contributed by atoms with E-state index in [9.17, 15) is 18.0 Å². The standard InChI is InChI=1S/C14H18N2O4S/c1-10(17)12-3-5-14(6-4-12)21(19,20)15-13-7-8-16(9-13)11(2)18/h3-6,13,15H,7-9H2,1-2H3. The molecular formula is C14H18N2O4S. The number of likely N-dealkylation sites (tertiary alicyclic amines) is 1. The number of nitrogens with zero attached hydrogens (tertiary/aromatic N) is 1. The van der Waals surface area contributed by atoms with Crippen molar-refractivity contribution in [3.8, 4) is 0 Å². The Balaban J connectivity index is 2.08. The molecule has 1 aromatic carbocycles. The van der Waals surface area contributed by atoms with Gasteiger partial charge in [0.1, 0.15) is 0 Å². The lowest BCUT2D eigenvalue weighted by Gasteiger charge is -2.15. The van der Waals surface area contributed by atoms with Crippen molar-refractivity contribution in [1.82, 2.24) is 9.62 Å². The molecule has 7 heteroatoms. The predicted molar refractivity (Wildman–Crippen MR) is 77.4 cm³/mol. The Labute approximate surface area is 124 Å². The summed E-state index contributed by atoms with van der Waals surface area (Å²) in [6.07, 6.45) is 0.602. The van der Waals surface area contributed by atoms with Crippen molar-refractivity contribution in [3.63, 3.8) is 0 Å². The summed E-state index contributed by atoms with van der Waals surface area (Å²) in [7, 11) is -3.63. The molecule has 0 saturated carbocycles. The Bertz CT molecular complexity index is 652. The van der Waals surface area contributed by atoms with Crippen molar-refractivity contribution < 1.29 is 18.0 Å². The number of rotatable bonds is 4. The van der Waals surface area contributed by atoms with E-state index in [1.165, 1.54) is 38.1 Å². The number of hydrogen-bond donors (Lipinski definition) is 1. The molecule has 1 atom stereocenters. The maximum atomic E-state index is 12.2. The number of carbonyl (C=O) groups is 2. The molecule has 0 radical (unpaired) electrons. The highest BCUT2D eigenvalue weighted by molar-refractivity contribution is 7.89. The Morgan fingerprint density at radius 3 is 2.29 bits per heavy atom. The molecular weight excluding hydrogens is 292 g/mol. The lowest BCUT2D eigenvalue weighted by molar-refractivity contribution is -0.127. The molecule has 114 valence electrons. The van der Waals surface area contributed by atoms with Crippen LogP contribution in [0.3, 0.4) is 0 Å². The molecule has 1 aliphatic rings. The molecule has 0 aromatic heterocycles. The SMILES string of the molecule is CC(=O)c1ccc(S(=O)(=O)NC2CCN(C(C)=O)C2)cc1. The maximum Gasteiger partial charge on any atom is 0.240 e. The van der Waals surface area contributed by atoms with Crippen LogP contribution in [0.25, 0.3) is 0 Å². The monoisotopic (exact) mass is 310 g/mol. The first-order valence-corrected chi connectivity index (χ1v) is 8.17. The topological polar surface area (TPSA) is 83.6 Å². The normalized spacial score (nSPS) is 18.8. The number of sulfonamides is 1. The van der Waals surface area contributed by atoms with Crippen LogP contribution in [0.5, 0.6) is 0 Å². The fourth-order valence-electron chi connectivity index (χ4n) is 2.30. The van der Waals surface area contributed by atoms with Crippen molar-refractivity contribution in [2.75, 3.05) is 13.1 Å². The van der Waals surface area contributed by atoms with Gasteiger partial charge in [-0.15, -0.1) is 0 Å². The van der Waals surface area contributed by atoms with E-state index in [1.807, 2.05) is 0 Å². The first-order valence-electron chi connectivity index (χ1n) is 6.68. The minimum absolute atomic E-state index is 0.0532. The van der Waals surface area contributed by atoms with Gasteiger partial charge in [-0.1, -0.05) is 12.1 Å². The summed E-state index contributed by atoms with van der Waals surface area (Å²) in [5.74, 6) is -0.165. The Morgan fingerprint density at radius 2 is 1.81 bits per heavy atom. The summed E-state index contributed by atoms with van der Waals surface area (Å²) >= 11 is 0. The molecule has 0 bridgehead atoms. The van der Waals surface area contributed by atoms with Crippen molar-refractivity contribution in [1.29, 1.82) is 0 Å². The summed E-state index contributed by atoms with van der Waals surface area (Å²) in [5.41, 5.74) is 0.470. The number of amides is 1. The summed E-state index contributed by atoms with van der Waals surface area (Å²) in [6.45, 7) is 3.85. The summed E-state index contributed by atoms with van der Waals surface area (Å²) in [4.78, 5) is 24.2. The molecule has 0 aliphatic carbocycles. The zero-order valence-electron chi connectivity index (χ0n) is 12.0. The molecule has 6 nitrogen and oxygen atoms in total. The number of benzene rings is 1. The second-order valence-electron chi connectivity index (χ2n) is 5.15. The fourth-order valence-corrected chi connectivity index (χ4v) is 3.56. The molecule has 21 heavy (non-hydrogen) atoms. The molecule has 1 fully saturated rings. The van der Waals surface area contributed by atoms with Crippen molar-refractivity contribution in [2.45, 2.75) is 31.2 Å². The summed E-state index contributed by atoms with van der Waals surface area (Å²) < 4.78 is 27.1. The average Bonchev–Trinajstić information content (AvgIpc) is 2.87. The number of carbonyl (C=O) groups excluding carboxylic acids is 2. The van der Waals surface area contributed by atoms with E-state index >= 15 is 0 Å². The number of nitrogens with one attached hydrogen (secondary N) is 1. The highest BCUT2D eigenvalue weighted by Crippen LogP contribution is 2.15. The minimum Gasteiger partial charge on any atom is -0.341 e. The van der Waals surface area contributed by atoms with Crippen molar-refractivity contribution in [3.05, 3.63) is 29.8 Å². The molecule has 1 saturated heterocycles. The quantitative estimate of drug-likeness (QED) is 0.833. The molecule has 1 aromatic rings. The second kappa shape index (κ2) is 5.95. The highest BCUT2D eigenvalue weighted by atomic mass is 32.2. The van der Waals surface area contributed by atoms with Gasteiger partial charge in [0, 0.05) is 31.6 Å². The van der Waals surface area contributed by atoms with Gasteiger partial charge in [0.25, 0.3) is 0 Å². The van der Waals surface area contributed by atoms with Gasteiger partial charge in [0.05, 0.1) is 4.90 Å². The Hall–Kier alpha value is -1.73. The zero-order chi connectivity index (χ0) is 15.6. The van der Waals surface area contributed by atoms with Gasteiger partial charge in [-0.05, 0) is 25.5 Å². The molecule has 2 rings (SSSR count). The minimum atomic E-state index is -3.63. The van der Waals surface area contributed by atoms with Gasteiger partial charge in [0.15, 0.2) is 5.78 Å². The number of hydrogen-bond acceptors (Lipinski definition) is 4. The number of ketones is 1. The Kier molecular flexibility index (Phi) is 4.43. The van der Waals surface area contributed by atoms with Crippen LogP contribution in [0.4, 0.5) is 0 Å². The third kappa shape index (κ3) is 3.68. The number of Topliss-reactive ketones (excluding diaryl/α,β-unsaturated/α-hetero) is 1. The predicted octanol–water partition coefficient (Wildman–Crippen LogP) is 0.788. The van der Waals surface area contributed by atoms with Crippen molar-refractivity contribution >= 4 is 21.7 Å². The summed E-state index contributed by atoms with van der Waals surface area (Å²) in [6, 6.07) is 5.54.